The molecule has 3 heterocycles. The minimum absolute atomic E-state index is 0.0136. The van der Waals surface area contributed by atoms with E-state index in [-0.39, 0.29) is 11.8 Å². The van der Waals surface area contributed by atoms with Gasteiger partial charge in [0.15, 0.2) is 5.13 Å². The van der Waals surface area contributed by atoms with Gasteiger partial charge in [-0.1, -0.05) is 11.3 Å². The van der Waals surface area contributed by atoms with E-state index in [1.165, 1.54) is 11.3 Å². The Morgan fingerprint density at radius 3 is 2.76 bits per heavy atom. The number of rotatable bonds is 2. The van der Waals surface area contributed by atoms with Crippen LogP contribution in [0.2, 0.25) is 0 Å². The zero-order valence-corrected chi connectivity index (χ0v) is 12.6. The van der Waals surface area contributed by atoms with Crippen molar-refractivity contribution in [3.8, 4) is 0 Å². The van der Waals surface area contributed by atoms with Gasteiger partial charge in [-0.05, 0) is 12.8 Å². The molecule has 3 N–H and O–H groups in total. The van der Waals surface area contributed by atoms with E-state index in [9.17, 15) is 9.59 Å². The summed E-state index contributed by atoms with van der Waals surface area (Å²) in [7, 11) is 0. The van der Waals surface area contributed by atoms with E-state index in [0.717, 1.165) is 31.1 Å². The van der Waals surface area contributed by atoms with Gasteiger partial charge < -0.3 is 20.9 Å². The van der Waals surface area contributed by atoms with Crippen LogP contribution < -0.4 is 16.0 Å². The summed E-state index contributed by atoms with van der Waals surface area (Å²) in [5, 5.41) is 3.59. The van der Waals surface area contributed by atoms with Crippen molar-refractivity contribution in [1.29, 1.82) is 0 Å². The predicted molar refractivity (Wildman–Crippen MR) is 81.5 cm³/mol. The second kappa shape index (κ2) is 5.88. The quantitative estimate of drug-likeness (QED) is 0.819. The molecule has 0 aromatic carbocycles. The van der Waals surface area contributed by atoms with Gasteiger partial charge in [-0.25, -0.2) is 4.98 Å². The van der Waals surface area contributed by atoms with E-state index in [4.69, 9.17) is 5.73 Å². The molecule has 2 aliphatic heterocycles. The number of nitrogens with zero attached hydrogens (tertiary/aromatic N) is 3. The van der Waals surface area contributed by atoms with Crippen molar-refractivity contribution in [3.63, 3.8) is 0 Å². The first kappa shape index (κ1) is 14.1. The Morgan fingerprint density at radius 2 is 2.00 bits per heavy atom. The van der Waals surface area contributed by atoms with Crippen molar-refractivity contribution in [3.05, 3.63) is 4.88 Å². The number of thiazole rings is 1. The first-order chi connectivity index (χ1) is 10.1. The lowest BCUT2D eigenvalue weighted by Gasteiger charge is -2.18. The number of carbonyl (C=O) groups excluding carboxylic acids is 2. The van der Waals surface area contributed by atoms with E-state index in [2.05, 4.69) is 15.2 Å². The first-order valence-corrected chi connectivity index (χ1v) is 8.04. The zero-order chi connectivity index (χ0) is 14.8. The third kappa shape index (κ3) is 2.94. The van der Waals surface area contributed by atoms with Gasteiger partial charge in [0.05, 0.1) is 0 Å². The second-order valence-corrected chi connectivity index (χ2v) is 6.27. The minimum Gasteiger partial charge on any atom is -0.382 e. The van der Waals surface area contributed by atoms with Crippen LogP contribution in [-0.4, -0.2) is 54.4 Å². The molecular weight excluding hydrogens is 290 g/mol. The molecule has 2 aliphatic rings. The van der Waals surface area contributed by atoms with Crippen LogP contribution in [0.5, 0.6) is 0 Å². The number of carbonyl (C=O) groups is 2. The van der Waals surface area contributed by atoms with Crippen LogP contribution in [0.3, 0.4) is 0 Å². The fourth-order valence-corrected chi connectivity index (χ4v) is 3.64. The molecule has 0 saturated carbocycles. The highest BCUT2D eigenvalue weighted by Crippen LogP contribution is 2.31. The molecule has 21 heavy (non-hydrogen) atoms. The maximum Gasteiger partial charge on any atom is 0.267 e. The molecule has 7 nitrogen and oxygen atoms in total. The average Bonchev–Trinajstić information content (AvgIpc) is 3.06. The standard InChI is InChI=1S/C13H19N5O2S/c14-11-10(21-13(16-11)18-5-1-2-6-18)12(20)17-7-3-9(19)15-4-8-17/h1-8,14H2,(H,15,19). The van der Waals surface area contributed by atoms with Crippen molar-refractivity contribution >= 4 is 34.1 Å². The summed E-state index contributed by atoms with van der Waals surface area (Å²) in [5.74, 6) is 0.169. The molecule has 0 atom stereocenters. The summed E-state index contributed by atoms with van der Waals surface area (Å²) in [5.41, 5.74) is 5.93. The fraction of sp³-hybridized carbons (Fsp3) is 0.615. The van der Waals surface area contributed by atoms with Gasteiger partial charge in [-0.3, -0.25) is 9.59 Å². The molecule has 0 radical (unpaired) electrons. The van der Waals surface area contributed by atoms with Crippen molar-refractivity contribution in [2.75, 3.05) is 43.4 Å². The molecule has 0 aliphatic carbocycles. The molecule has 1 aromatic rings. The largest absolute Gasteiger partial charge is 0.382 e. The Hall–Kier alpha value is -1.83. The van der Waals surface area contributed by atoms with Crippen LogP contribution in [0.15, 0.2) is 0 Å². The highest BCUT2D eigenvalue weighted by atomic mass is 32.1. The molecule has 2 fully saturated rings. The topological polar surface area (TPSA) is 91.6 Å². The fourth-order valence-electron chi connectivity index (χ4n) is 2.63. The predicted octanol–water partition coefficient (Wildman–Crippen LogP) is 0.288. The maximum absolute atomic E-state index is 12.6. The zero-order valence-electron chi connectivity index (χ0n) is 11.8. The molecule has 0 unspecified atom stereocenters. The highest BCUT2D eigenvalue weighted by Gasteiger charge is 2.26. The molecule has 1 aromatic heterocycles. The van der Waals surface area contributed by atoms with Crippen molar-refractivity contribution < 1.29 is 9.59 Å². The molecular formula is C13H19N5O2S. The summed E-state index contributed by atoms with van der Waals surface area (Å²) >= 11 is 1.36. The summed E-state index contributed by atoms with van der Waals surface area (Å²) in [4.78, 5) is 32.6. The molecule has 0 spiro atoms. The molecule has 114 valence electrons. The van der Waals surface area contributed by atoms with Gasteiger partial charge in [0.25, 0.3) is 5.91 Å². The smallest absolute Gasteiger partial charge is 0.267 e. The van der Waals surface area contributed by atoms with E-state index < -0.39 is 0 Å². The van der Waals surface area contributed by atoms with Gasteiger partial charge in [-0.15, -0.1) is 0 Å². The molecule has 2 saturated heterocycles. The third-order valence-electron chi connectivity index (χ3n) is 3.81. The Kier molecular flexibility index (Phi) is 3.96. The van der Waals surface area contributed by atoms with Crippen LogP contribution >= 0.6 is 11.3 Å². The van der Waals surface area contributed by atoms with E-state index in [1.807, 2.05) is 0 Å². The summed E-state index contributed by atoms with van der Waals surface area (Å²) in [6, 6.07) is 0. The Balaban J connectivity index is 1.76. The number of hydrogen-bond donors (Lipinski definition) is 2. The van der Waals surface area contributed by atoms with Gasteiger partial charge in [0, 0.05) is 39.1 Å². The van der Waals surface area contributed by atoms with Gasteiger partial charge >= 0.3 is 0 Å². The number of amides is 2. The number of anilines is 2. The lowest BCUT2D eigenvalue weighted by Crippen LogP contribution is -2.34. The second-order valence-electron chi connectivity index (χ2n) is 5.30. The third-order valence-corrected chi connectivity index (χ3v) is 4.93. The minimum atomic E-state index is -0.119. The molecule has 0 bridgehead atoms. The average molecular weight is 309 g/mol. The van der Waals surface area contributed by atoms with Gasteiger partial charge in [-0.2, -0.15) is 0 Å². The number of nitrogen functional groups attached to an aromatic ring is 1. The summed E-state index contributed by atoms with van der Waals surface area (Å²) in [6.45, 7) is 3.38. The molecule has 2 amide bonds. The molecule has 3 rings (SSSR count). The van der Waals surface area contributed by atoms with Crippen molar-refractivity contribution in [2.24, 2.45) is 0 Å². The maximum atomic E-state index is 12.6. The Bertz CT molecular complexity index is 553. The van der Waals surface area contributed by atoms with Crippen LogP contribution in [0.1, 0.15) is 28.9 Å². The highest BCUT2D eigenvalue weighted by molar-refractivity contribution is 7.18. The van der Waals surface area contributed by atoms with Crippen LogP contribution in [-0.2, 0) is 4.79 Å². The van der Waals surface area contributed by atoms with Crippen molar-refractivity contribution in [1.82, 2.24) is 15.2 Å². The van der Waals surface area contributed by atoms with Crippen LogP contribution in [0.25, 0.3) is 0 Å². The van der Waals surface area contributed by atoms with Gasteiger partial charge in [0.2, 0.25) is 5.91 Å². The number of hydrogen-bond acceptors (Lipinski definition) is 6. The van der Waals surface area contributed by atoms with Crippen LogP contribution in [0, 0.1) is 0 Å². The first-order valence-electron chi connectivity index (χ1n) is 7.22. The van der Waals surface area contributed by atoms with E-state index >= 15 is 0 Å². The normalized spacial score (nSPS) is 19.5. The van der Waals surface area contributed by atoms with E-state index in [0.29, 0.717) is 36.8 Å². The molecule has 8 heteroatoms. The van der Waals surface area contributed by atoms with Crippen LogP contribution in [0.4, 0.5) is 10.9 Å². The summed E-state index contributed by atoms with van der Waals surface area (Å²) < 4.78 is 0. The Labute approximate surface area is 127 Å². The van der Waals surface area contributed by atoms with E-state index in [1.54, 1.807) is 4.90 Å². The number of aromatic nitrogens is 1. The van der Waals surface area contributed by atoms with Crippen molar-refractivity contribution in [2.45, 2.75) is 19.3 Å². The lowest BCUT2D eigenvalue weighted by atomic mass is 10.3. The SMILES string of the molecule is Nc1nc(N2CCCC2)sc1C(=O)N1CCNC(=O)CC1. The Morgan fingerprint density at radius 1 is 1.24 bits per heavy atom. The number of nitrogens with two attached hydrogens (primary N) is 1. The number of nitrogens with one attached hydrogen (secondary N) is 1. The monoisotopic (exact) mass is 309 g/mol. The summed E-state index contributed by atoms with van der Waals surface area (Å²) in [6.07, 6.45) is 2.65. The van der Waals surface area contributed by atoms with Gasteiger partial charge in [0.1, 0.15) is 10.7 Å². The lowest BCUT2D eigenvalue weighted by molar-refractivity contribution is -0.120.